The maximum absolute atomic E-state index is 12.9. The zero-order valence-electron chi connectivity index (χ0n) is 18.0. The zero-order chi connectivity index (χ0) is 23.0. The van der Waals surface area contributed by atoms with Gasteiger partial charge in [0, 0.05) is 5.69 Å². The molecular weight excluding hydrogens is 434 g/mol. The first kappa shape index (κ1) is 22.3. The first-order valence-corrected chi connectivity index (χ1v) is 11.4. The number of anilines is 1. The van der Waals surface area contributed by atoms with Crippen molar-refractivity contribution in [3.63, 3.8) is 0 Å². The Balaban J connectivity index is 1.40. The molecule has 33 heavy (non-hydrogen) atoms. The van der Waals surface area contributed by atoms with Crippen LogP contribution in [-0.2, 0) is 4.79 Å². The van der Waals surface area contributed by atoms with Gasteiger partial charge in [-0.25, -0.2) is 0 Å². The van der Waals surface area contributed by atoms with Crippen LogP contribution in [0.25, 0.3) is 5.69 Å². The fraction of sp³-hybridized carbons (Fsp3) is 0.120. The van der Waals surface area contributed by atoms with Crippen LogP contribution in [0.3, 0.4) is 0 Å². The number of benzene rings is 3. The highest BCUT2D eigenvalue weighted by molar-refractivity contribution is 7.99. The third-order valence-corrected chi connectivity index (χ3v) is 5.92. The van der Waals surface area contributed by atoms with Crippen LogP contribution in [0.4, 0.5) is 5.69 Å². The van der Waals surface area contributed by atoms with E-state index in [-0.39, 0.29) is 23.6 Å². The summed E-state index contributed by atoms with van der Waals surface area (Å²) in [6.45, 7) is 1.92. The van der Waals surface area contributed by atoms with Crippen LogP contribution < -0.4 is 10.6 Å². The summed E-state index contributed by atoms with van der Waals surface area (Å²) in [6, 6.07) is 26.2. The molecule has 0 bridgehead atoms. The van der Waals surface area contributed by atoms with Crippen LogP contribution >= 0.6 is 11.8 Å². The Morgan fingerprint density at radius 3 is 2.36 bits per heavy atom. The maximum atomic E-state index is 12.9. The number of rotatable bonds is 8. The molecule has 3 aromatic carbocycles. The van der Waals surface area contributed by atoms with Crippen molar-refractivity contribution in [3.8, 4) is 5.69 Å². The van der Waals surface area contributed by atoms with Crippen molar-refractivity contribution < 1.29 is 9.59 Å². The molecule has 8 heteroatoms. The number of hydrogen-bond donors (Lipinski definition) is 2. The molecule has 0 fully saturated rings. The highest BCUT2D eigenvalue weighted by atomic mass is 32.2. The van der Waals surface area contributed by atoms with Crippen LogP contribution in [0.5, 0.6) is 0 Å². The molecular formula is C25H23N5O2S. The second kappa shape index (κ2) is 10.6. The Bertz CT molecular complexity index is 1230. The number of nitrogens with one attached hydrogen (secondary N) is 2. The summed E-state index contributed by atoms with van der Waals surface area (Å²) in [7, 11) is 0. The second-order valence-electron chi connectivity index (χ2n) is 7.31. The van der Waals surface area contributed by atoms with Gasteiger partial charge in [0.05, 0.1) is 23.0 Å². The molecule has 0 aliphatic carbocycles. The van der Waals surface area contributed by atoms with Crippen LogP contribution in [-0.4, -0.2) is 32.3 Å². The van der Waals surface area contributed by atoms with Crippen LogP contribution in [0.15, 0.2) is 96.4 Å². The van der Waals surface area contributed by atoms with Crippen LogP contribution in [0.1, 0.15) is 28.9 Å². The molecule has 166 valence electrons. The smallest absolute Gasteiger partial charge is 0.253 e. The number of carbonyl (C=O) groups is 2. The SMILES string of the molecule is C[C@@H](NC(=O)c1ccccc1NC(=O)CSc1nncn1-c1ccccc1)c1ccccc1. The van der Waals surface area contributed by atoms with E-state index in [4.69, 9.17) is 0 Å². The maximum Gasteiger partial charge on any atom is 0.253 e. The Hall–Kier alpha value is -3.91. The highest BCUT2D eigenvalue weighted by Crippen LogP contribution is 2.21. The predicted molar refractivity (Wildman–Crippen MR) is 129 cm³/mol. The molecule has 0 aliphatic heterocycles. The highest BCUT2D eigenvalue weighted by Gasteiger charge is 2.17. The van der Waals surface area contributed by atoms with Gasteiger partial charge >= 0.3 is 0 Å². The first-order chi connectivity index (χ1) is 16.1. The minimum atomic E-state index is -0.251. The van der Waals surface area contributed by atoms with Crippen LogP contribution in [0, 0.1) is 0 Å². The summed E-state index contributed by atoms with van der Waals surface area (Å²) in [5.41, 5.74) is 2.79. The lowest BCUT2D eigenvalue weighted by Crippen LogP contribution is -2.28. The Morgan fingerprint density at radius 2 is 1.61 bits per heavy atom. The third kappa shape index (κ3) is 5.67. The van der Waals surface area contributed by atoms with Crippen molar-refractivity contribution >= 4 is 29.3 Å². The summed E-state index contributed by atoms with van der Waals surface area (Å²) in [5.74, 6) is -0.361. The van der Waals surface area contributed by atoms with Gasteiger partial charge in [-0.15, -0.1) is 10.2 Å². The largest absolute Gasteiger partial charge is 0.345 e. The standard InChI is InChI=1S/C25H23N5O2S/c1-18(19-10-4-2-5-11-19)27-24(32)21-14-8-9-15-22(21)28-23(31)16-33-25-29-26-17-30(25)20-12-6-3-7-13-20/h2-15,17-18H,16H2,1H3,(H,27,32)(H,28,31)/t18-/m1/s1. The molecule has 1 aromatic heterocycles. The van der Waals surface area contributed by atoms with Gasteiger partial charge in [-0.05, 0) is 36.8 Å². The van der Waals surface area contributed by atoms with Crippen molar-refractivity contribution in [2.24, 2.45) is 0 Å². The molecule has 1 heterocycles. The Kier molecular flexibility index (Phi) is 7.16. The minimum Gasteiger partial charge on any atom is -0.345 e. The molecule has 0 saturated carbocycles. The zero-order valence-corrected chi connectivity index (χ0v) is 18.8. The molecule has 2 N–H and O–H groups in total. The normalized spacial score (nSPS) is 11.5. The molecule has 0 saturated heterocycles. The molecule has 0 spiro atoms. The Morgan fingerprint density at radius 1 is 0.939 bits per heavy atom. The number of para-hydroxylation sites is 2. The molecule has 7 nitrogen and oxygen atoms in total. The quantitative estimate of drug-likeness (QED) is 0.381. The van der Waals surface area contributed by atoms with E-state index in [1.807, 2.05) is 72.2 Å². The number of amides is 2. The van der Waals surface area contributed by atoms with Crippen molar-refractivity contribution in [1.82, 2.24) is 20.1 Å². The third-order valence-electron chi connectivity index (χ3n) is 4.98. The lowest BCUT2D eigenvalue weighted by atomic mass is 10.1. The van der Waals surface area contributed by atoms with Gasteiger partial charge in [-0.2, -0.15) is 0 Å². The number of nitrogens with zero attached hydrogens (tertiary/aromatic N) is 3. The number of aromatic nitrogens is 3. The summed E-state index contributed by atoms with van der Waals surface area (Å²) in [6.07, 6.45) is 1.61. The fourth-order valence-electron chi connectivity index (χ4n) is 3.29. The van der Waals surface area contributed by atoms with Gasteiger partial charge in [-0.1, -0.05) is 72.4 Å². The molecule has 2 amide bonds. The average molecular weight is 458 g/mol. The van der Waals surface area contributed by atoms with E-state index in [1.54, 1.807) is 30.6 Å². The second-order valence-corrected chi connectivity index (χ2v) is 8.25. The van der Waals surface area contributed by atoms with Gasteiger partial charge in [0.25, 0.3) is 5.91 Å². The molecule has 1 atom stereocenters. The fourth-order valence-corrected chi connectivity index (χ4v) is 4.02. The van der Waals surface area contributed by atoms with Crippen molar-refractivity contribution in [1.29, 1.82) is 0 Å². The van der Waals surface area contributed by atoms with Gasteiger partial charge in [0.15, 0.2) is 5.16 Å². The van der Waals surface area contributed by atoms with Gasteiger partial charge in [0.2, 0.25) is 5.91 Å². The molecule has 4 rings (SSSR count). The minimum absolute atomic E-state index is 0.127. The van der Waals surface area contributed by atoms with Gasteiger partial charge in [0.1, 0.15) is 6.33 Å². The van der Waals surface area contributed by atoms with Crippen molar-refractivity contribution in [2.45, 2.75) is 18.1 Å². The summed E-state index contributed by atoms with van der Waals surface area (Å²) in [4.78, 5) is 25.5. The molecule has 0 aliphatic rings. The monoisotopic (exact) mass is 457 g/mol. The lowest BCUT2D eigenvalue weighted by molar-refractivity contribution is -0.113. The van der Waals surface area contributed by atoms with E-state index >= 15 is 0 Å². The van der Waals surface area contributed by atoms with Crippen molar-refractivity contribution in [2.75, 3.05) is 11.1 Å². The van der Waals surface area contributed by atoms with E-state index in [1.165, 1.54) is 11.8 Å². The summed E-state index contributed by atoms with van der Waals surface area (Å²) < 4.78 is 1.82. The van der Waals surface area contributed by atoms with E-state index in [0.717, 1.165) is 11.3 Å². The van der Waals surface area contributed by atoms with Gasteiger partial charge < -0.3 is 10.6 Å². The van der Waals surface area contributed by atoms with E-state index < -0.39 is 0 Å². The van der Waals surface area contributed by atoms with Crippen molar-refractivity contribution in [3.05, 3.63) is 102 Å². The molecule has 0 unspecified atom stereocenters. The molecule has 4 aromatic rings. The lowest BCUT2D eigenvalue weighted by Gasteiger charge is -2.16. The van der Waals surface area contributed by atoms with E-state index in [0.29, 0.717) is 16.4 Å². The molecule has 0 radical (unpaired) electrons. The van der Waals surface area contributed by atoms with E-state index in [2.05, 4.69) is 20.8 Å². The van der Waals surface area contributed by atoms with E-state index in [9.17, 15) is 9.59 Å². The number of carbonyl (C=O) groups excluding carboxylic acids is 2. The number of thioether (sulfide) groups is 1. The van der Waals surface area contributed by atoms with Gasteiger partial charge in [-0.3, -0.25) is 14.2 Å². The number of hydrogen-bond acceptors (Lipinski definition) is 5. The average Bonchev–Trinajstić information content (AvgIpc) is 3.33. The first-order valence-electron chi connectivity index (χ1n) is 10.4. The Labute approximate surface area is 196 Å². The summed E-state index contributed by atoms with van der Waals surface area (Å²) >= 11 is 1.27. The predicted octanol–water partition coefficient (Wildman–Crippen LogP) is 4.49. The summed E-state index contributed by atoms with van der Waals surface area (Å²) in [5, 5.41) is 14.5. The topological polar surface area (TPSA) is 88.9 Å². The van der Waals surface area contributed by atoms with Crippen LogP contribution in [0.2, 0.25) is 0 Å².